The quantitative estimate of drug-likeness (QED) is 0.0262. The van der Waals surface area contributed by atoms with Gasteiger partial charge in [-0.15, -0.1) is 0 Å². The normalized spacial score (nSPS) is 11.5. The van der Waals surface area contributed by atoms with Crippen LogP contribution in [0.1, 0.15) is 303 Å². The molecule has 0 atom stereocenters. The van der Waals surface area contributed by atoms with Gasteiger partial charge in [0, 0.05) is 19.3 Å². The summed E-state index contributed by atoms with van der Waals surface area (Å²) in [5.41, 5.74) is 0. The molecular formula is C55H104O6. The van der Waals surface area contributed by atoms with E-state index in [2.05, 4.69) is 32.9 Å². The van der Waals surface area contributed by atoms with E-state index in [1.807, 2.05) is 0 Å². The molecule has 0 radical (unpaired) electrons. The summed E-state index contributed by atoms with van der Waals surface area (Å²) in [5, 5.41) is 0. The Balaban J connectivity index is 4.34. The molecule has 6 nitrogen and oxygen atoms in total. The first-order valence-electron chi connectivity index (χ1n) is 27.2. The third kappa shape index (κ3) is 49.0. The van der Waals surface area contributed by atoms with E-state index < -0.39 is 6.10 Å². The standard InChI is InChI=1S/C55H104O6/c1-4-7-10-13-16-19-22-25-28-31-34-37-40-43-46-49-55(58)61-52(50-59-53(56)47-44-41-38-35-32-29-26-23-20-17-14-11-8-5-2)51-60-54(57)48-45-42-39-36-33-30-27-24-21-18-15-12-9-6-3/h25,28,52H,4-24,26-27,29-51H2,1-3H3/b28-25-. The predicted molar refractivity (Wildman–Crippen MR) is 261 cm³/mol. The minimum atomic E-state index is -0.767. The van der Waals surface area contributed by atoms with Crippen molar-refractivity contribution in [3.63, 3.8) is 0 Å². The molecular weight excluding hydrogens is 757 g/mol. The molecule has 0 aromatic heterocycles. The van der Waals surface area contributed by atoms with Crippen LogP contribution in [0.25, 0.3) is 0 Å². The fraction of sp³-hybridized carbons (Fsp3) is 0.909. The first-order chi connectivity index (χ1) is 30.0. The number of carbonyl (C=O) groups is 3. The lowest BCUT2D eigenvalue weighted by Gasteiger charge is -2.18. The van der Waals surface area contributed by atoms with Gasteiger partial charge in [0.15, 0.2) is 6.10 Å². The van der Waals surface area contributed by atoms with Crippen molar-refractivity contribution in [3.05, 3.63) is 12.2 Å². The Morgan fingerprint density at radius 2 is 0.541 bits per heavy atom. The van der Waals surface area contributed by atoms with E-state index in [4.69, 9.17) is 14.2 Å². The van der Waals surface area contributed by atoms with Gasteiger partial charge in [0.25, 0.3) is 0 Å². The average Bonchev–Trinajstić information content (AvgIpc) is 3.26. The van der Waals surface area contributed by atoms with Crippen LogP contribution in [0.5, 0.6) is 0 Å². The molecule has 0 rings (SSSR count). The maximum Gasteiger partial charge on any atom is 0.306 e. The molecule has 0 N–H and O–H groups in total. The van der Waals surface area contributed by atoms with Gasteiger partial charge in [-0.1, -0.05) is 251 Å². The number of rotatable bonds is 50. The molecule has 0 aliphatic carbocycles. The van der Waals surface area contributed by atoms with Gasteiger partial charge in [-0.05, 0) is 44.9 Å². The summed E-state index contributed by atoms with van der Waals surface area (Å²) < 4.78 is 16.8. The first-order valence-corrected chi connectivity index (χ1v) is 27.2. The Bertz CT molecular complexity index is 899. The fourth-order valence-corrected chi connectivity index (χ4v) is 8.14. The van der Waals surface area contributed by atoms with E-state index in [0.717, 1.165) is 64.2 Å². The number of carbonyl (C=O) groups excluding carboxylic acids is 3. The highest BCUT2D eigenvalue weighted by Gasteiger charge is 2.19. The van der Waals surface area contributed by atoms with Crippen LogP contribution >= 0.6 is 0 Å². The molecule has 360 valence electrons. The molecule has 0 bridgehead atoms. The Labute approximate surface area is 380 Å². The lowest BCUT2D eigenvalue weighted by Crippen LogP contribution is -2.30. The van der Waals surface area contributed by atoms with Crippen LogP contribution in [0.4, 0.5) is 0 Å². The van der Waals surface area contributed by atoms with E-state index in [0.29, 0.717) is 19.3 Å². The third-order valence-electron chi connectivity index (χ3n) is 12.3. The van der Waals surface area contributed by atoms with Gasteiger partial charge in [-0.3, -0.25) is 14.4 Å². The maximum absolute atomic E-state index is 12.8. The fourth-order valence-electron chi connectivity index (χ4n) is 8.14. The minimum Gasteiger partial charge on any atom is -0.462 e. The SMILES string of the molecule is CCCCCCCC/C=C\CCCCCCCC(=O)OC(COC(=O)CCCCCCCCCCCCCCCC)COC(=O)CCCCCCCCCCCCCCCC. The van der Waals surface area contributed by atoms with Gasteiger partial charge >= 0.3 is 17.9 Å². The molecule has 0 unspecified atom stereocenters. The summed E-state index contributed by atoms with van der Waals surface area (Å²) >= 11 is 0. The van der Waals surface area contributed by atoms with Crippen molar-refractivity contribution in [1.82, 2.24) is 0 Å². The largest absolute Gasteiger partial charge is 0.462 e. The second-order valence-corrected chi connectivity index (χ2v) is 18.5. The van der Waals surface area contributed by atoms with Crippen LogP contribution < -0.4 is 0 Å². The van der Waals surface area contributed by atoms with E-state index in [9.17, 15) is 14.4 Å². The summed E-state index contributed by atoms with van der Waals surface area (Å²) in [6, 6.07) is 0. The van der Waals surface area contributed by atoms with Gasteiger partial charge in [0.1, 0.15) is 13.2 Å². The Morgan fingerprint density at radius 3 is 0.820 bits per heavy atom. The summed E-state index contributed by atoms with van der Waals surface area (Å²) in [4.78, 5) is 38.0. The minimum absolute atomic E-state index is 0.0678. The molecule has 0 aromatic rings. The summed E-state index contributed by atoms with van der Waals surface area (Å²) in [6.45, 7) is 6.67. The molecule has 0 spiro atoms. The van der Waals surface area contributed by atoms with Crippen molar-refractivity contribution in [2.24, 2.45) is 0 Å². The zero-order valence-electron chi connectivity index (χ0n) is 41.2. The van der Waals surface area contributed by atoms with Gasteiger partial charge in [-0.2, -0.15) is 0 Å². The second kappa shape index (κ2) is 50.8. The van der Waals surface area contributed by atoms with Crippen LogP contribution in [0.2, 0.25) is 0 Å². The predicted octanol–water partition coefficient (Wildman–Crippen LogP) is 17.8. The number of unbranched alkanes of at least 4 members (excludes halogenated alkanes) is 37. The topological polar surface area (TPSA) is 78.9 Å². The van der Waals surface area contributed by atoms with Gasteiger partial charge in [0.05, 0.1) is 0 Å². The van der Waals surface area contributed by atoms with Crippen molar-refractivity contribution in [1.29, 1.82) is 0 Å². The van der Waals surface area contributed by atoms with Crippen molar-refractivity contribution < 1.29 is 28.6 Å². The molecule has 0 fully saturated rings. The number of hydrogen-bond acceptors (Lipinski definition) is 6. The Hall–Kier alpha value is -1.85. The van der Waals surface area contributed by atoms with Gasteiger partial charge < -0.3 is 14.2 Å². The molecule has 0 heterocycles. The molecule has 6 heteroatoms. The van der Waals surface area contributed by atoms with Crippen LogP contribution in [-0.4, -0.2) is 37.2 Å². The van der Waals surface area contributed by atoms with Crippen molar-refractivity contribution in [2.75, 3.05) is 13.2 Å². The highest BCUT2D eigenvalue weighted by Crippen LogP contribution is 2.16. The van der Waals surface area contributed by atoms with Crippen LogP contribution in [0.3, 0.4) is 0 Å². The Morgan fingerprint density at radius 1 is 0.311 bits per heavy atom. The highest BCUT2D eigenvalue weighted by molar-refractivity contribution is 5.71. The maximum atomic E-state index is 12.8. The van der Waals surface area contributed by atoms with Crippen molar-refractivity contribution in [2.45, 2.75) is 309 Å². The molecule has 0 aromatic carbocycles. The lowest BCUT2D eigenvalue weighted by atomic mass is 10.0. The van der Waals surface area contributed by atoms with Crippen LogP contribution in [0.15, 0.2) is 12.2 Å². The monoisotopic (exact) mass is 861 g/mol. The number of hydrogen-bond donors (Lipinski definition) is 0. The number of allylic oxidation sites excluding steroid dienone is 2. The second-order valence-electron chi connectivity index (χ2n) is 18.5. The van der Waals surface area contributed by atoms with Crippen molar-refractivity contribution >= 4 is 17.9 Å². The summed E-state index contributed by atoms with van der Waals surface area (Å²) in [5.74, 6) is -0.856. The number of esters is 3. The van der Waals surface area contributed by atoms with Gasteiger partial charge in [-0.25, -0.2) is 0 Å². The zero-order valence-corrected chi connectivity index (χ0v) is 41.2. The smallest absolute Gasteiger partial charge is 0.306 e. The lowest BCUT2D eigenvalue weighted by molar-refractivity contribution is -0.167. The zero-order chi connectivity index (χ0) is 44.4. The summed E-state index contributed by atoms with van der Waals surface area (Å²) in [7, 11) is 0. The van der Waals surface area contributed by atoms with E-state index in [-0.39, 0.29) is 31.1 Å². The molecule has 0 saturated carbocycles. The molecule has 0 aliphatic heterocycles. The molecule has 0 amide bonds. The highest BCUT2D eigenvalue weighted by atomic mass is 16.6. The first kappa shape index (κ1) is 59.1. The van der Waals surface area contributed by atoms with Crippen LogP contribution in [0, 0.1) is 0 Å². The Kier molecular flexibility index (Phi) is 49.3. The number of ether oxygens (including phenoxy) is 3. The molecule has 61 heavy (non-hydrogen) atoms. The molecule has 0 aliphatic rings. The average molecular weight is 861 g/mol. The molecule has 0 saturated heterocycles. The van der Waals surface area contributed by atoms with Crippen LogP contribution in [-0.2, 0) is 28.6 Å². The van der Waals surface area contributed by atoms with E-state index in [1.165, 1.54) is 199 Å². The van der Waals surface area contributed by atoms with Crippen molar-refractivity contribution in [3.8, 4) is 0 Å². The van der Waals surface area contributed by atoms with Gasteiger partial charge in [0.2, 0.25) is 0 Å². The summed E-state index contributed by atoms with van der Waals surface area (Å²) in [6.07, 6.45) is 56.2. The third-order valence-corrected chi connectivity index (χ3v) is 12.3. The van der Waals surface area contributed by atoms with E-state index in [1.54, 1.807) is 0 Å². The van der Waals surface area contributed by atoms with E-state index >= 15 is 0 Å².